The molecule has 0 atom stereocenters. The molecule has 0 saturated carbocycles. The molecule has 0 saturated heterocycles. The first-order valence-corrected chi connectivity index (χ1v) is 7.99. The van der Waals surface area contributed by atoms with E-state index in [1.54, 1.807) is 24.3 Å². The van der Waals surface area contributed by atoms with E-state index < -0.39 is 17.6 Å². The Bertz CT molecular complexity index is 799. The lowest BCUT2D eigenvalue weighted by molar-refractivity contribution is -0.137. The van der Waals surface area contributed by atoms with Crippen LogP contribution in [0, 0.1) is 0 Å². The molecule has 0 aliphatic carbocycles. The van der Waals surface area contributed by atoms with Crippen molar-refractivity contribution in [3.05, 3.63) is 63.1 Å². The number of alkyl halides is 3. The molecule has 0 aliphatic rings. The van der Waals surface area contributed by atoms with Crippen molar-refractivity contribution in [3.63, 3.8) is 0 Å². The third kappa shape index (κ3) is 4.93. The molecule has 0 bridgehead atoms. The van der Waals surface area contributed by atoms with Gasteiger partial charge in [0.25, 0.3) is 5.91 Å². The lowest BCUT2D eigenvalue weighted by Crippen LogP contribution is -2.34. The Labute approximate surface area is 154 Å². The van der Waals surface area contributed by atoms with Crippen LogP contribution in [0.3, 0.4) is 0 Å². The Hall–Kier alpha value is -1.64. The van der Waals surface area contributed by atoms with Crippen LogP contribution in [0.5, 0.6) is 0 Å². The number of amides is 1. The monoisotopic (exact) mass is 436 g/mol. The highest BCUT2D eigenvalue weighted by atomic mass is 79.9. The van der Waals surface area contributed by atoms with E-state index in [9.17, 15) is 18.0 Å². The molecule has 0 aliphatic heterocycles. The second-order valence-corrected chi connectivity index (χ2v) is 6.34. The summed E-state index contributed by atoms with van der Waals surface area (Å²) in [5, 5.41) is 4.77. The Morgan fingerprint density at radius 3 is 2.46 bits per heavy atom. The fourth-order valence-corrected chi connectivity index (χ4v) is 2.58. The number of hydrogen-bond donors (Lipinski definition) is 2. The van der Waals surface area contributed by atoms with Crippen LogP contribution >= 0.6 is 39.7 Å². The largest absolute Gasteiger partial charge is 0.416 e. The van der Waals surface area contributed by atoms with Crippen molar-refractivity contribution in [2.75, 3.05) is 5.32 Å². The molecule has 3 nitrogen and oxygen atoms in total. The summed E-state index contributed by atoms with van der Waals surface area (Å²) >= 11 is 14.0. The van der Waals surface area contributed by atoms with Gasteiger partial charge in [0.2, 0.25) is 0 Å². The van der Waals surface area contributed by atoms with E-state index in [-0.39, 0.29) is 15.8 Å². The van der Waals surface area contributed by atoms with Crippen LogP contribution in [0.4, 0.5) is 18.9 Å². The van der Waals surface area contributed by atoms with E-state index in [4.69, 9.17) is 23.8 Å². The minimum absolute atomic E-state index is 0.0818. The normalized spacial score (nSPS) is 11.0. The summed E-state index contributed by atoms with van der Waals surface area (Å²) in [6.07, 6.45) is -4.49. The van der Waals surface area contributed by atoms with Gasteiger partial charge >= 0.3 is 6.18 Å². The number of nitrogens with one attached hydrogen (secondary N) is 2. The molecule has 2 aromatic rings. The van der Waals surface area contributed by atoms with Gasteiger partial charge in [-0.05, 0) is 48.6 Å². The van der Waals surface area contributed by atoms with Crippen LogP contribution in [-0.2, 0) is 6.18 Å². The third-order valence-electron chi connectivity index (χ3n) is 2.86. The molecule has 0 fully saturated rings. The maximum atomic E-state index is 12.6. The molecule has 0 unspecified atom stereocenters. The van der Waals surface area contributed by atoms with Gasteiger partial charge in [-0.25, -0.2) is 0 Å². The first-order valence-electron chi connectivity index (χ1n) is 6.41. The number of thiocarbonyl (C=S) groups is 1. The molecule has 0 radical (unpaired) electrons. The van der Waals surface area contributed by atoms with E-state index in [0.29, 0.717) is 5.56 Å². The lowest BCUT2D eigenvalue weighted by atomic mass is 10.2. The zero-order chi connectivity index (χ0) is 17.9. The molecule has 2 N–H and O–H groups in total. The van der Waals surface area contributed by atoms with Gasteiger partial charge in [-0.3, -0.25) is 10.1 Å². The van der Waals surface area contributed by atoms with E-state index in [1.807, 2.05) is 0 Å². The number of carbonyl (C=O) groups is 1. The molecule has 1 amide bonds. The predicted octanol–water partition coefficient (Wildman–Crippen LogP) is 5.25. The van der Waals surface area contributed by atoms with Crippen molar-refractivity contribution in [1.29, 1.82) is 0 Å². The third-order valence-corrected chi connectivity index (χ3v) is 3.87. The Morgan fingerprint density at radius 2 is 1.88 bits per heavy atom. The van der Waals surface area contributed by atoms with Crippen molar-refractivity contribution in [2.24, 2.45) is 0 Å². The quantitative estimate of drug-likeness (QED) is 0.631. The maximum absolute atomic E-state index is 12.6. The Morgan fingerprint density at radius 1 is 1.17 bits per heavy atom. The summed E-state index contributed by atoms with van der Waals surface area (Å²) in [4.78, 5) is 12.0. The van der Waals surface area contributed by atoms with Gasteiger partial charge in [-0.2, -0.15) is 13.2 Å². The highest BCUT2D eigenvalue weighted by Gasteiger charge is 2.30. The zero-order valence-corrected chi connectivity index (χ0v) is 14.9. The summed E-state index contributed by atoms with van der Waals surface area (Å²) in [6, 6.07) is 9.42. The second kappa shape index (κ2) is 7.50. The number of anilines is 1. The van der Waals surface area contributed by atoms with Crippen molar-refractivity contribution in [1.82, 2.24) is 5.32 Å². The fourth-order valence-electron chi connectivity index (χ4n) is 1.75. The average molecular weight is 438 g/mol. The van der Waals surface area contributed by atoms with Crippen LogP contribution in [-0.4, -0.2) is 11.0 Å². The van der Waals surface area contributed by atoms with Crippen LogP contribution < -0.4 is 10.6 Å². The van der Waals surface area contributed by atoms with Crippen LogP contribution in [0.15, 0.2) is 46.9 Å². The van der Waals surface area contributed by atoms with Crippen molar-refractivity contribution in [2.45, 2.75) is 6.18 Å². The van der Waals surface area contributed by atoms with Crippen molar-refractivity contribution in [3.8, 4) is 0 Å². The standard InChI is InChI=1S/C15H9BrClF3N2OS/c16-10-3-1-2-8(6-10)13(23)22-14(24)21-12-5-4-9(7-11(12)17)15(18,19)20/h1-7H,(H2,21,22,23,24). The first-order chi connectivity index (χ1) is 11.2. The fraction of sp³-hybridized carbons (Fsp3) is 0.0667. The maximum Gasteiger partial charge on any atom is 0.416 e. The smallest absolute Gasteiger partial charge is 0.331 e. The molecular formula is C15H9BrClF3N2OS. The molecule has 0 aromatic heterocycles. The first kappa shape index (κ1) is 18.7. The minimum atomic E-state index is -4.49. The number of rotatable bonds is 2. The zero-order valence-electron chi connectivity index (χ0n) is 11.7. The van der Waals surface area contributed by atoms with Gasteiger partial charge in [0.15, 0.2) is 5.11 Å². The van der Waals surface area contributed by atoms with E-state index in [0.717, 1.165) is 22.7 Å². The summed E-state index contributed by atoms with van der Waals surface area (Å²) in [5.74, 6) is -0.461. The Kier molecular flexibility index (Phi) is 5.84. The molecule has 0 heterocycles. The molecular weight excluding hydrogens is 429 g/mol. The molecule has 9 heteroatoms. The number of hydrogen-bond acceptors (Lipinski definition) is 2. The van der Waals surface area contributed by atoms with Gasteiger partial charge in [0.1, 0.15) is 0 Å². The van der Waals surface area contributed by atoms with Crippen LogP contribution in [0.25, 0.3) is 0 Å². The highest BCUT2D eigenvalue weighted by Crippen LogP contribution is 2.33. The molecule has 0 spiro atoms. The number of benzene rings is 2. The van der Waals surface area contributed by atoms with Gasteiger partial charge in [0, 0.05) is 10.0 Å². The average Bonchev–Trinajstić information content (AvgIpc) is 2.48. The summed E-state index contributed by atoms with van der Waals surface area (Å²) in [5.41, 5.74) is -0.349. The van der Waals surface area contributed by atoms with Crippen molar-refractivity contribution >= 4 is 56.5 Å². The molecule has 2 aromatic carbocycles. The molecule has 2 rings (SSSR count). The summed E-state index contributed by atoms with van der Waals surface area (Å²) < 4.78 is 38.5. The van der Waals surface area contributed by atoms with E-state index in [2.05, 4.69) is 26.6 Å². The van der Waals surface area contributed by atoms with Crippen molar-refractivity contribution < 1.29 is 18.0 Å². The topological polar surface area (TPSA) is 41.1 Å². The van der Waals surface area contributed by atoms with Gasteiger partial charge in [0.05, 0.1) is 16.3 Å². The van der Waals surface area contributed by atoms with E-state index >= 15 is 0 Å². The summed E-state index contributed by atoms with van der Waals surface area (Å²) in [7, 11) is 0. The van der Waals surface area contributed by atoms with Gasteiger partial charge < -0.3 is 5.32 Å². The van der Waals surface area contributed by atoms with Crippen LogP contribution in [0.1, 0.15) is 15.9 Å². The Balaban J connectivity index is 2.06. The molecule has 126 valence electrons. The highest BCUT2D eigenvalue weighted by molar-refractivity contribution is 9.10. The second-order valence-electron chi connectivity index (χ2n) is 4.61. The summed E-state index contributed by atoms with van der Waals surface area (Å²) in [6.45, 7) is 0. The molecule has 24 heavy (non-hydrogen) atoms. The number of halogens is 5. The lowest BCUT2D eigenvalue weighted by Gasteiger charge is -2.13. The predicted molar refractivity (Wildman–Crippen MR) is 94.3 cm³/mol. The SMILES string of the molecule is O=C(NC(=S)Nc1ccc(C(F)(F)F)cc1Cl)c1cccc(Br)c1. The van der Waals surface area contributed by atoms with E-state index in [1.165, 1.54) is 0 Å². The van der Waals surface area contributed by atoms with Crippen LogP contribution in [0.2, 0.25) is 5.02 Å². The number of carbonyl (C=O) groups excluding carboxylic acids is 1. The van der Waals surface area contributed by atoms with Gasteiger partial charge in [-0.1, -0.05) is 33.6 Å². The van der Waals surface area contributed by atoms with Gasteiger partial charge in [-0.15, -0.1) is 0 Å². The minimum Gasteiger partial charge on any atom is -0.331 e.